The first kappa shape index (κ1) is 7.90. The molecule has 1 rings (SSSR count). The average molecular weight is 147 g/mol. The molecule has 1 heterocycles. The summed E-state index contributed by atoms with van der Waals surface area (Å²) in [5, 5.41) is 13.4. The van der Waals surface area contributed by atoms with Crippen LogP contribution in [0.2, 0.25) is 0 Å². The minimum atomic E-state index is -0.339. The zero-order valence-electron chi connectivity index (χ0n) is 6.02. The molecule has 5 nitrogen and oxygen atoms in total. The molecule has 0 aromatic carbocycles. The van der Waals surface area contributed by atoms with Gasteiger partial charge in [0.2, 0.25) is 0 Å². The summed E-state index contributed by atoms with van der Waals surface area (Å²) in [5.74, 6) is 0. The fourth-order valence-electron chi connectivity index (χ4n) is 0.939. The van der Waals surface area contributed by atoms with E-state index in [0.29, 0.717) is 0 Å². The van der Waals surface area contributed by atoms with Crippen LogP contribution in [0.1, 0.15) is 6.42 Å². The first-order valence-electron chi connectivity index (χ1n) is 3.42. The molecule has 60 valence electrons. The maximum Gasteiger partial charge on any atom is 0.133 e. The van der Waals surface area contributed by atoms with Crippen LogP contribution in [0.25, 0.3) is 0 Å². The lowest BCUT2D eigenvalue weighted by molar-refractivity contribution is -1.09. The molecule has 0 spiro atoms. The van der Waals surface area contributed by atoms with Crippen molar-refractivity contribution in [3.8, 4) is 0 Å². The summed E-state index contributed by atoms with van der Waals surface area (Å²) in [4.78, 5) is 4.95. The highest BCUT2D eigenvalue weighted by molar-refractivity contribution is 4.68. The summed E-state index contributed by atoms with van der Waals surface area (Å²) < 4.78 is 0. The van der Waals surface area contributed by atoms with Gasteiger partial charge in [0.25, 0.3) is 0 Å². The maximum atomic E-state index is 10.6. The first-order chi connectivity index (χ1) is 4.83. The predicted molar refractivity (Wildman–Crippen MR) is 35.7 cm³/mol. The van der Waals surface area contributed by atoms with E-state index in [4.69, 9.17) is 4.84 Å². The lowest BCUT2D eigenvalue weighted by atomic mass is 10.3. The molecule has 1 aliphatic rings. The molecule has 0 amide bonds. The molecule has 0 radical (unpaired) electrons. The normalized spacial score (nSPS) is 28.8. The van der Waals surface area contributed by atoms with Crippen LogP contribution in [0.4, 0.5) is 0 Å². The van der Waals surface area contributed by atoms with Crippen LogP contribution in [0.5, 0.6) is 0 Å². The lowest BCUT2D eigenvalue weighted by Gasteiger charge is -2.20. The topological polar surface area (TPSA) is 60.8 Å². The molecule has 1 fully saturated rings. The highest BCUT2D eigenvalue weighted by atomic mass is 16.9. The summed E-state index contributed by atoms with van der Waals surface area (Å²) in [5.41, 5.74) is 2.40. The second-order valence-corrected chi connectivity index (χ2v) is 2.27. The zero-order valence-corrected chi connectivity index (χ0v) is 6.02. The second-order valence-electron chi connectivity index (χ2n) is 2.27. The molecule has 0 bridgehead atoms. The van der Waals surface area contributed by atoms with Crippen molar-refractivity contribution in [1.82, 2.24) is 10.7 Å². The van der Waals surface area contributed by atoms with Crippen molar-refractivity contribution in [3.63, 3.8) is 0 Å². The summed E-state index contributed by atoms with van der Waals surface area (Å²) >= 11 is 0. The Hall–Kier alpha value is -0.200. The van der Waals surface area contributed by atoms with Crippen molar-refractivity contribution in [2.45, 2.75) is 12.5 Å². The van der Waals surface area contributed by atoms with Crippen molar-refractivity contribution < 1.29 is 10.2 Å². The van der Waals surface area contributed by atoms with Gasteiger partial charge in [-0.1, -0.05) is 0 Å². The van der Waals surface area contributed by atoms with Crippen molar-refractivity contribution in [3.05, 3.63) is 5.21 Å². The van der Waals surface area contributed by atoms with Gasteiger partial charge in [0, 0.05) is 13.6 Å². The van der Waals surface area contributed by atoms with Crippen LogP contribution in [0.15, 0.2) is 0 Å². The third kappa shape index (κ3) is 2.20. The number of hydrogen-bond acceptors (Lipinski definition) is 4. The third-order valence-corrected chi connectivity index (χ3v) is 1.49. The van der Waals surface area contributed by atoms with Crippen molar-refractivity contribution >= 4 is 0 Å². The number of rotatable bonds is 3. The van der Waals surface area contributed by atoms with Crippen LogP contribution in [-0.2, 0) is 4.84 Å². The molecule has 2 atom stereocenters. The standard InChI is InChI=1S/C5H13N3O2/c1-6-8(9)10-5-2-3-7-4-5/h5-8H,2-4H2,1H3. The van der Waals surface area contributed by atoms with Crippen LogP contribution in [-0.4, -0.2) is 26.2 Å². The number of hydrogen-bond donors (Lipinski definition) is 3. The molecule has 0 aromatic rings. The first-order valence-corrected chi connectivity index (χ1v) is 3.42. The molecule has 5 heteroatoms. The minimum absolute atomic E-state index is 0.0694. The maximum absolute atomic E-state index is 10.6. The molecule has 2 unspecified atom stereocenters. The summed E-state index contributed by atoms with van der Waals surface area (Å²) in [6.45, 7) is 1.73. The SMILES string of the molecule is CN[NH+]([O-])OC1CCNC1. The van der Waals surface area contributed by atoms with Gasteiger partial charge in [-0.2, -0.15) is 4.84 Å². The van der Waals surface area contributed by atoms with E-state index in [1.165, 1.54) is 0 Å². The van der Waals surface area contributed by atoms with E-state index >= 15 is 0 Å². The van der Waals surface area contributed by atoms with Gasteiger partial charge in [0.1, 0.15) is 6.10 Å². The van der Waals surface area contributed by atoms with Crippen molar-refractivity contribution in [2.75, 3.05) is 20.1 Å². The molecule has 1 saturated heterocycles. The summed E-state index contributed by atoms with van der Waals surface area (Å²) in [6, 6.07) is 0. The third-order valence-electron chi connectivity index (χ3n) is 1.49. The highest BCUT2D eigenvalue weighted by Crippen LogP contribution is 1.97. The predicted octanol–water partition coefficient (Wildman–Crippen LogP) is -2.20. The van der Waals surface area contributed by atoms with E-state index in [-0.39, 0.29) is 11.4 Å². The zero-order chi connectivity index (χ0) is 7.40. The van der Waals surface area contributed by atoms with E-state index in [1.807, 2.05) is 0 Å². The van der Waals surface area contributed by atoms with Gasteiger partial charge in [0.05, 0.1) is 0 Å². The molecule has 0 aliphatic carbocycles. The molecule has 0 aromatic heterocycles. The van der Waals surface area contributed by atoms with Gasteiger partial charge >= 0.3 is 0 Å². The van der Waals surface area contributed by atoms with E-state index in [1.54, 1.807) is 7.05 Å². The lowest BCUT2D eigenvalue weighted by Crippen LogP contribution is -3.13. The van der Waals surface area contributed by atoms with Gasteiger partial charge in [-0.3, -0.25) is 0 Å². The Bertz CT molecular complexity index is 94.9. The summed E-state index contributed by atoms with van der Waals surface area (Å²) in [6.07, 6.45) is 0.993. The van der Waals surface area contributed by atoms with Gasteiger partial charge in [0.15, 0.2) is 0 Å². The van der Waals surface area contributed by atoms with Crippen LogP contribution in [0, 0.1) is 5.21 Å². The minimum Gasteiger partial charge on any atom is -0.579 e. The van der Waals surface area contributed by atoms with Gasteiger partial charge in [-0.05, 0) is 13.0 Å². The van der Waals surface area contributed by atoms with Crippen molar-refractivity contribution in [2.24, 2.45) is 0 Å². The van der Waals surface area contributed by atoms with Gasteiger partial charge in [-0.15, -0.1) is 10.8 Å². The highest BCUT2D eigenvalue weighted by Gasteiger charge is 2.17. The van der Waals surface area contributed by atoms with Crippen molar-refractivity contribution in [1.29, 1.82) is 0 Å². The fourth-order valence-corrected chi connectivity index (χ4v) is 0.939. The molecule has 1 aliphatic heterocycles. The Kier molecular flexibility index (Phi) is 3.04. The molecule has 0 saturated carbocycles. The monoisotopic (exact) mass is 147 g/mol. The summed E-state index contributed by atoms with van der Waals surface area (Å²) in [7, 11) is 1.56. The van der Waals surface area contributed by atoms with E-state index in [0.717, 1.165) is 19.5 Å². The Labute approximate surface area is 59.8 Å². The fraction of sp³-hybridized carbons (Fsp3) is 1.00. The number of quaternary nitrogens is 1. The Morgan fingerprint density at radius 1 is 1.80 bits per heavy atom. The smallest absolute Gasteiger partial charge is 0.133 e. The molecule has 10 heavy (non-hydrogen) atoms. The van der Waals surface area contributed by atoms with Gasteiger partial charge < -0.3 is 10.5 Å². The van der Waals surface area contributed by atoms with E-state index in [9.17, 15) is 5.21 Å². The molecular weight excluding hydrogens is 134 g/mol. The van der Waals surface area contributed by atoms with E-state index in [2.05, 4.69) is 10.7 Å². The quantitative estimate of drug-likeness (QED) is 0.396. The second kappa shape index (κ2) is 3.85. The largest absolute Gasteiger partial charge is 0.579 e. The Morgan fingerprint density at radius 2 is 2.60 bits per heavy atom. The average Bonchev–Trinajstić information content (AvgIpc) is 2.40. The van der Waals surface area contributed by atoms with Gasteiger partial charge in [-0.25, -0.2) is 0 Å². The Morgan fingerprint density at radius 3 is 3.10 bits per heavy atom. The molecule has 3 N–H and O–H groups in total. The van der Waals surface area contributed by atoms with Crippen LogP contribution < -0.4 is 16.1 Å². The Balaban J connectivity index is 2.11. The number of nitrogens with one attached hydrogen (secondary N) is 3. The van der Waals surface area contributed by atoms with Crippen LogP contribution in [0.3, 0.4) is 0 Å². The van der Waals surface area contributed by atoms with Crippen LogP contribution >= 0.6 is 0 Å². The molecular formula is C5H13N3O2. The van der Waals surface area contributed by atoms with E-state index < -0.39 is 0 Å².